The Balaban J connectivity index is 1.80. The van der Waals surface area contributed by atoms with E-state index in [0.29, 0.717) is 38.3 Å². The zero-order valence-electron chi connectivity index (χ0n) is 18.5. The van der Waals surface area contributed by atoms with Crippen LogP contribution in [0.4, 0.5) is 0 Å². The molecule has 3 rings (SSSR count). The van der Waals surface area contributed by atoms with Gasteiger partial charge in [-0.05, 0) is 55.4 Å². The number of carbonyl (C=O) groups excluding carboxylic acids is 2. The molecule has 1 aliphatic rings. The topological polar surface area (TPSA) is 62.3 Å². The van der Waals surface area contributed by atoms with Crippen LogP contribution in [0.3, 0.4) is 0 Å². The summed E-state index contributed by atoms with van der Waals surface area (Å²) in [5.41, 5.74) is 2.71. The van der Waals surface area contributed by atoms with Gasteiger partial charge < -0.3 is 10.2 Å². The predicted molar refractivity (Wildman–Crippen MR) is 120 cm³/mol. The van der Waals surface area contributed by atoms with Crippen molar-refractivity contribution in [3.8, 4) is 11.1 Å². The van der Waals surface area contributed by atoms with E-state index in [4.69, 9.17) is 0 Å². The first kappa shape index (κ1) is 22.0. The lowest BCUT2D eigenvalue weighted by Gasteiger charge is -2.29. The van der Waals surface area contributed by atoms with E-state index in [2.05, 4.69) is 48.4 Å². The Morgan fingerprint density at radius 3 is 2.43 bits per heavy atom. The smallest absolute Gasteiger partial charge is 0.228 e. The summed E-state index contributed by atoms with van der Waals surface area (Å²) in [6, 6.07) is 12.4. The number of amides is 2. The Morgan fingerprint density at radius 2 is 1.83 bits per heavy atom. The van der Waals surface area contributed by atoms with E-state index in [0.717, 1.165) is 16.7 Å². The number of likely N-dealkylation sites (tertiary alicyclic amines) is 1. The van der Waals surface area contributed by atoms with Crippen LogP contribution in [0.15, 0.2) is 48.8 Å². The Labute approximate surface area is 179 Å². The number of nitrogens with zero attached hydrogens (tertiary/aromatic N) is 2. The maximum absolute atomic E-state index is 13.2. The molecule has 5 nitrogen and oxygen atoms in total. The van der Waals surface area contributed by atoms with Gasteiger partial charge in [0.05, 0.1) is 5.41 Å². The van der Waals surface area contributed by atoms with E-state index < -0.39 is 5.41 Å². The van der Waals surface area contributed by atoms with E-state index in [9.17, 15) is 9.59 Å². The SMILES string of the molecule is CC(C)CC(=O)N1CC[C@](Cc2ccc(-c3cccnc3)cc2)(C(=O)NC(C)C)C1. The van der Waals surface area contributed by atoms with Crippen LogP contribution in [0.25, 0.3) is 11.1 Å². The number of benzene rings is 1. The number of carbonyl (C=O) groups is 2. The number of pyridine rings is 1. The normalized spacial score (nSPS) is 18.8. The molecule has 1 saturated heterocycles. The Morgan fingerprint density at radius 1 is 1.10 bits per heavy atom. The fourth-order valence-electron chi connectivity index (χ4n) is 4.13. The molecule has 1 aromatic carbocycles. The van der Waals surface area contributed by atoms with Crippen LogP contribution >= 0.6 is 0 Å². The first-order chi connectivity index (χ1) is 14.3. The van der Waals surface area contributed by atoms with E-state index in [-0.39, 0.29) is 17.9 Å². The van der Waals surface area contributed by atoms with E-state index in [1.54, 1.807) is 6.20 Å². The molecule has 0 spiro atoms. The third-order valence-corrected chi connectivity index (χ3v) is 5.68. The number of aromatic nitrogens is 1. The molecule has 1 fully saturated rings. The molecule has 5 heteroatoms. The Kier molecular flexibility index (Phi) is 6.91. The van der Waals surface area contributed by atoms with Gasteiger partial charge in [-0.1, -0.05) is 44.2 Å². The van der Waals surface area contributed by atoms with Gasteiger partial charge in [-0.2, -0.15) is 0 Å². The molecule has 2 heterocycles. The molecule has 2 amide bonds. The van der Waals surface area contributed by atoms with E-state index in [1.807, 2.05) is 37.1 Å². The van der Waals surface area contributed by atoms with Gasteiger partial charge in [-0.15, -0.1) is 0 Å². The first-order valence-electron chi connectivity index (χ1n) is 10.9. The van der Waals surface area contributed by atoms with Crippen LogP contribution in [0, 0.1) is 11.3 Å². The van der Waals surface area contributed by atoms with Gasteiger partial charge in [-0.25, -0.2) is 0 Å². The number of hydrogen-bond acceptors (Lipinski definition) is 3. The van der Waals surface area contributed by atoms with Crippen LogP contribution in [-0.2, 0) is 16.0 Å². The third kappa shape index (κ3) is 5.26. The molecular formula is C25H33N3O2. The summed E-state index contributed by atoms with van der Waals surface area (Å²) in [5.74, 6) is 0.516. The standard InChI is InChI=1S/C25H33N3O2/c1-18(2)14-23(29)28-13-11-25(17-28,24(30)27-19(3)4)15-20-7-9-21(10-8-20)22-6-5-12-26-16-22/h5-10,12,16,18-19H,11,13-15,17H2,1-4H3,(H,27,30)/t25-/m1/s1. The van der Waals surface area contributed by atoms with Crippen molar-refractivity contribution < 1.29 is 9.59 Å². The zero-order chi connectivity index (χ0) is 21.7. The summed E-state index contributed by atoms with van der Waals surface area (Å²) in [6.45, 7) is 9.19. The summed E-state index contributed by atoms with van der Waals surface area (Å²) in [7, 11) is 0. The second kappa shape index (κ2) is 9.41. The zero-order valence-corrected chi connectivity index (χ0v) is 18.5. The van der Waals surface area contributed by atoms with Gasteiger partial charge in [0.15, 0.2) is 0 Å². The van der Waals surface area contributed by atoms with Gasteiger partial charge in [0, 0.05) is 37.9 Å². The van der Waals surface area contributed by atoms with Crippen molar-refractivity contribution in [3.63, 3.8) is 0 Å². The van der Waals surface area contributed by atoms with Crippen molar-refractivity contribution in [2.75, 3.05) is 13.1 Å². The minimum Gasteiger partial charge on any atom is -0.353 e. The maximum atomic E-state index is 13.2. The van der Waals surface area contributed by atoms with Crippen molar-refractivity contribution in [2.24, 2.45) is 11.3 Å². The molecule has 0 saturated carbocycles. The highest BCUT2D eigenvalue weighted by Gasteiger charge is 2.46. The van der Waals surface area contributed by atoms with Gasteiger partial charge in [0.2, 0.25) is 11.8 Å². The molecule has 160 valence electrons. The molecule has 30 heavy (non-hydrogen) atoms. The van der Waals surface area contributed by atoms with Crippen molar-refractivity contribution in [2.45, 2.75) is 53.0 Å². The van der Waals surface area contributed by atoms with Crippen LogP contribution < -0.4 is 5.32 Å². The largest absolute Gasteiger partial charge is 0.353 e. The van der Waals surface area contributed by atoms with Crippen molar-refractivity contribution >= 4 is 11.8 Å². The van der Waals surface area contributed by atoms with Gasteiger partial charge in [-0.3, -0.25) is 14.6 Å². The Bertz CT molecular complexity index is 862. The van der Waals surface area contributed by atoms with E-state index in [1.165, 1.54) is 0 Å². The summed E-state index contributed by atoms with van der Waals surface area (Å²) in [4.78, 5) is 31.9. The summed E-state index contributed by atoms with van der Waals surface area (Å²) in [6.07, 6.45) is 5.47. The van der Waals surface area contributed by atoms with E-state index >= 15 is 0 Å². The van der Waals surface area contributed by atoms with Gasteiger partial charge >= 0.3 is 0 Å². The molecule has 1 atom stereocenters. The van der Waals surface area contributed by atoms with Crippen LogP contribution in [0.5, 0.6) is 0 Å². The number of nitrogens with one attached hydrogen (secondary N) is 1. The van der Waals surface area contributed by atoms with Crippen molar-refractivity contribution in [1.29, 1.82) is 0 Å². The number of rotatable bonds is 7. The highest BCUT2D eigenvalue weighted by molar-refractivity contribution is 5.86. The molecular weight excluding hydrogens is 374 g/mol. The lowest BCUT2D eigenvalue weighted by atomic mass is 9.79. The monoisotopic (exact) mass is 407 g/mol. The summed E-state index contributed by atoms with van der Waals surface area (Å²) in [5, 5.41) is 3.10. The molecule has 0 radical (unpaired) electrons. The van der Waals surface area contributed by atoms with Gasteiger partial charge in [0.25, 0.3) is 0 Å². The minimum atomic E-state index is -0.577. The van der Waals surface area contributed by atoms with Crippen LogP contribution in [0.2, 0.25) is 0 Å². The maximum Gasteiger partial charge on any atom is 0.228 e. The molecule has 1 aliphatic heterocycles. The summed E-state index contributed by atoms with van der Waals surface area (Å²) >= 11 is 0. The fourth-order valence-corrected chi connectivity index (χ4v) is 4.13. The first-order valence-corrected chi connectivity index (χ1v) is 10.9. The predicted octanol–water partition coefficient (Wildman–Crippen LogP) is 4.08. The molecule has 1 aromatic heterocycles. The van der Waals surface area contributed by atoms with Gasteiger partial charge in [0.1, 0.15) is 0 Å². The molecule has 0 aliphatic carbocycles. The van der Waals surface area contributed by atoms with Crippen LogP contribution in [-0.4, -0.2) is 40.8 Å². The molecule has 2 aromatic rings. The van der Waals surface area contributed by atoms with Crippen LogP contribution in [0.1, 0.15) is 46.1 Å². The Hall–Kier alpha value is -2.69. The molecule has 1 N–H and O–H groups in total. The van der Waals surface area contributed by atoms with Crippen molar-refractivity contribution in [1.82, 2.24) is 15.2 Å². The molecule has 0 bridgehead atoms. The average Bonchev–Trinajstić information content (AvgIpc) is 3.14. The molecule has 0 unspecified atom stereocenters. The van der Waals surface area contributed by atoms with Crippen molar-refractivity contribution in [3.05, 3.63) is 54.4 Å². The lowest BCUT2D eigenvalue weighted by molar-refractivity contribution is -0.134. The highest BCUT2D eigenvalue weighted by atomic mass is 16.2. The summed E-state index contributed by atoms with van der Waals surface area (Å²) < 4.78 is 0. The third-order valence-electron chi connectivity index (χ3n) is 5.68. The lowest BCUT2D eigenvalue weighted by Crippen LogP contribution is -2.47. The average molecular weight is 408 g/mol. The minimum absolute atomic E-state index is 0.0497. The highest BCUT2D eigenvalue weighted by Crippen LogP contribution is 2.36. The second-order valence-corrected chi connectivity index (χ2v) is 9.19. The fraction of sp³-hybridized carbons (Fsp3) is 0.480. The quantitative estimate of drug-likeness (QED) is 0.752. The number of hydrogen-bond donors (Lipinski definition) is 1. The second-order valence-electron chi connectivity index (χ2n) is 9.19.